The molecule has 6 nitrogen and oxygen atoms in total. The Hall–Kier alpha value is -3.93. The SMILES string of the molecule is [C-]#[N+]c1cnc2[nH]cc(Cc3ccc(NCc4ccc(C(F)(F)F)nc4)nc3)c2c1. The topological polar surface area (TPSA) is 70.8 Å². The first-order valence-electron chi connectivity index (χ1n) is 8.97. The van der Waals surface area contributed by atoms with E-state index in [1.165, 1.54) is 18.5 Å². The van der Waals surface area contributed by atoms with Crippen molar-refractivity contribution in [1.29, 1.82) is 0 Å². The van der Waals surface area contributed by atoms with Gasteiger partial charge in [0.15, 0.2) is 0 Å². The number of aromatic nitrogens is 4. The standard InChI is InChI=1S/C21H15F3N6/c1-25-16-7-17-15(11-29-20(17)30-12-16)6-13-3-5-19(27-8-13)28-10-14-2-4-18(26-9-14)21(22,23)24/h2-5,7-9,11-12H,6,10H2,(H,27,28)(H,29,30). The van der Waals surface area contributed by atoms with Gasteiger partial charge in [-0.25, -0.2) is 9.83 Å². The van der Waals surface area contributed by atoms with Gasteiger partial charge in [-0.15, -0.1) is 0 Å². The maximum atomic E-state index is 12.6. The van der Waals surface area contributed by atoms with E-state index in [2.05, 4.69) is 30.1 Å². The lowest BCUT2D eigenvalue weighted by molar-refractivity contribution is -0.141. The quantitative estimate of drug-likeness (QED) is 0.450. The average molecular weight is 408 g/mol. The molecule has 0 aromatic carbocycles. The number of nitrogens with zero attached hydrogens (tertiary/aromatic N) is 4. The summed E-state index contributed by atoms with van der Waals surface area (Å²) in [6.07, 6.45) is 2.52. The molecule has 0 aliphatic heterocycles. The lowest BCUT2D eigenvalue weighted by Crippen LogP contribution is -2.08. The van der Waals surface area contributed by atoms with Crippen molar-refractivity contribution in [2.24, 2.45) is 0 Å². The molecule has 0 saturated heterocycles. The predicted molar refractivity (Wildman–Crippen MR) is 106 cm³/mol. The summed E-state index contributed by atoms with van der Waals surface area (Å²) >= 11 is 0. The molecular formula is C21H15F3N6. The van der Waals surface area contributed by atoms with Gasteiger partial charge in [0.25, 0.3) is 0 Å². The molecule has 2 N–H and O–H groups in total. The van der Waals surface area contributed by atoms with Crippen LogP contribution < -0.4 is 5.32 Å². The van der Waals surface area contributed by atoms with E-state index in [-0.39, 0.29) is 0 Å². The molecule has 4 aromatic rings. The molecule has 0 atom stereocenters. The van der Waals surface area contributed by atoms with Gasteiger partial charge < -0.3 is 10.3 Å². The molecule has 0 spiro atoms. The van der Waals surface area contributed by atoms with Crippen molar-refractivity contribution in [3.63, 3.8) is 0 Å². The Labute approximate surface area is 169 Å². The van der Waals surface area contributed by atoms with Gasteiger partial charge in [0.05, 0.1) is 6.57 Å². The second-order valence-corrected chi connectivity index (χ2v) is 6.65. The van der Waals surface area contributed by atoms with Crippen molar-refractivity contribution in [3.05, 3.63) is 88.9 Å². The van der Waals surface area contributed by atoms with Gasteiger partial charge in [-0.05, 0) is 34.9 Å². The third kappa shape index (κ3) is 4.22. The minimum atomic E-state index is -4.44. The average Bonchev–Trinajstić information content (AvgIpc) is 3.15. The van der Waals surface area contributed by atoms with E-state index in [0.29, 0.717) is 30.0 Å². The van der Waals surface area contributed by atoms with Crippen LogP contribution in [0.3, 0.4) is 0 Å². The molecule has 0 unspecified atom stereocenters. The number of H-pyrrole nitrogens is 1. The lowest BCUT2D eigenvalue weighted by atomic mass is 10.1. The van der Waals surface area contributed by atoms with Crippen molar-refractivity contribution in [2.45, 2.75) is 19.1 Å². The van der Waals surface area contributed by atoms with Crippen molar-refractivity contribution >= 4 is 22.5 Å². The summed E-state index contributed by atoms with van der Waals surface area (Å²) in [6, 6.07) is 7.89. The minimum absolute atomic E-state index is 0.311. The first-order chi connectivity index (χ1) is 14.4. The van der Waals surface area contributed by atoms with Crippen LogP contribution in [-0.2, 0) is 19.1 Å². The summed E-state index contributed by atoms with van der Waals surface area (Å²) in [5.41, 5.74) is 2.92. The third-order valence-corrected chi connectivity index (χ3v) is 4.54. The molecule has 0 saturated carbocycles. The van der Waals surface area contributed by atoms with Crippen LogP contribution in [0.15, 0.2) is 55.1 Å². The van der Waals surface area contributed by atoms with Crippen molar-refractivity contribution < 1.29 is 13.2 Å². The number of halogens is 3. The maximum Gasteiger partial charge on any atom is 0.433 e. The van der Waals surface area contributed by atoms with E-state index < -0.39 is 11.9 Å². The first-order valence-corrected chi connectivity index (χ1v) is 8.97. The number of pyridine rings is 3. The number of alkyl halides is 3. The van der Waals surface area contributed by atoms with Gasteiger partial charge in [0.1, 0.15) is 17.2 Å². The number of hydrogen-bond acceptors (Lipinski definition) is 4. The van der Waals surface area contributed by atoms with Gasteiger partial charge in [-0.1, -0.05) is 12.1 Å². The van der Waals surface area contributed by atoms with E-state index in [0.717, 1.165) is 28.2 Å². The zero-order chi connectivity index (χ0) is 21.1. The van der Waals surface area contributed by atoms with E-state index in [1.807, 2.05) is 24.4 Å². The van der Waals surface area contributed by atoms with Crippen LogP contribution in [0.2, 0.25) is 0 Å². The Kier molecular flexibility index (Phi) is 5.06. The van der Waals surface area contributed by atoms with Gasteiger partial charge in [-0.2, -0.15) is 13.2 Å². The zero-order valence-electron chi connectivity index (χ0n) is 15.5. The summed E-state index contributed by atoms with van der Waals surface area (Å²) in [5, 5.41) is 3.97. The fourth-order valence-corrected chi connectivity index (χ4v) is 3.00. The number of anilines is 1. The fraction of sp³-hybridized carbons (Fsp3) is 0.143. The molecule has 150 valence electrons. The molecule has 4 rings (SSSR count). The number of nitrogens with one attached hydrogen (secondary N) is 2. The van der Waals surface area contributed by atoms with Gasteiger partial charge in [0, 0.05) is 43.1 Å². The number of fused-ring (bicyclic) bond motifs is 1. The zero-order valence-corrected chi connectivity index (χ0v) is 15.5. The Morgan fingerprint density at radius 3 is 2.47 bits per heavy atom. The summed E-state index contributed by atoms with van der Waals surface area (Å²) in [5.74, 6) is 0.606. The Morgan fingerprint density at radius 2 is 1.80 bits per heavy atom. The number of hydrogen-bond donors (Lipinski definition) is 2. The third-order valence-electron chi connectivity index (χ3n) is 4.54. The molecule has 0 radical (unpaired) electrons. The Balaban J connectivity index is 1.40. The van der Waals surface area contributed by atoms with Gasteiger partial charge in [-0.3, -0.25) is 9.97 Å². The molecule has 0 bridgehead atoms. The smallest absolute Gasteiger partial charge is 0.366 e. The molecule has 0 fully saturated rings. The van der Waals surface area contributed by atoms with Gasteiger partial charge in [0.2, 0.25) is 5.69 Å². The van der Waals surface area contributed by atoms with E-state index >= 15 is 0 Å². The predicted octanol–water partition coefficient (Wildman–Crippen LogP) is 5.13. The second-order valence-electron chi connectivity index (χ2n) is 6.65. The highest BCUT2D eigenvalue weighted by Gasteiger charge is 2.31. The Morgan fingerprint density at radius 1 is 1.00 bits per heavy atom. The number of rotatable bonds is 5. The number of aromatic amines is 1. The molecular weight excluding hydrogens is 393 g/mol. The van der Waals surface area contributed by atoms with Crippen LogP contribution >= 0.6 is 0 Å². The van der Waals surface area contributed by atoms with E-state index in [1.54, 1.807) is 6.20 Å². The summed E-state index contributed by atoms with van der Waals surface area (Å²) in [4.78, 5) is 18.6. The van der Waals surface area contributed by atoms with Crippen LogP contribution in [0.25, 0.3) is 15.9 Å². The van der Waals surface area contributed by atoms with Crippen LogP contribution in [0, 0.1) is 6.57 Å². The monoisotopic (exact) mass is 408 g/mol. The molecule has 0 aliphatic rings. The minimum Gasteiger partial charge on any atom is -0.366 e. The van der Waals surface area contributed by atoms with Crippen molar-refractivity contribution in [3.8, 4) is 0 Å². The largest absolute Gasteiger partial charge is 0.433 e. The van der Waals surface area contributed by atoms with Crippen molar-refractivity contribution in [2.75, 3.05) is 5.32 Å². The highest BCUT2D eigenvalue weighted by atomic mass is 19.4. The summed E-state index contributed by atoms with van der Waals surface area (Å²) in [6.45, 7) is 7.44. The second kappa shape index (κ2) is 7.83. The highest BCUT2D eigenvalue weighted by Crippen LogP contribution is 2.27. The summed E-state index contributed by atoms with van der Waals surface area (Å²) in [7, 11) is 0. The van der Waals surface area contributed by atoms with E-state index in [4.69, 9.17) is 6.57 Å². The molecule has 4 heterocycles. The van der Waals surface area contributed by atoms with Crippen LogP contribution in [0.5, 0.6) is 0 Å². The Bertz CT molecular complexity index is 1200. The maximum absolute atomic E-state index is 12.6. The first kappa shape index (κ1) is 19.4. The molecule has 30 heavy (non-hydrogen) atoms. The summed E-state index contributed by atoms with van der Waals surface area (Å²) < 4.78 is 37.7. The van der Waals surface area contributed by atoms with Crippen LogP contribution in [-0.4, -0.2) is 19.9 Å². The normalized spacial score (nSPS) is 11.4. The fourth-order valence-electron chi connectivity index (χ4n) is 3.00. The molecule has 0 aliphatic carbocycles. The van der Waals surface area contributed by atoms with Crippen LogP contribution in [0.1, 0.15) is 22.4 Å². The highest BCUT2D eigenvalue weighted by molar-refractivity contribution is 5.83. The van der Waals surface area contributed by atoms with Crippen LogP contribution in [0.4, 0.5) is 24.7 Å². The molecule has 0 amide bonds. The van der Waals surface area contributed by atoms with Gasteiger partial charge >= 0.3 is 6.18 Å². The van der Waals surface area contributed by atoms with E-state index in [9.17, 15) is 13.2 Å². The molecule has 9 heteroatoms. The lowest BCUT2D eigenvalue weighted by Gasteiger charge is -2.08. The molecule has 4 aromatic heterocycles. The van der Waals surface area contributed by atoms with Crippen molar-refractivity contribution in [1.82, 2.24) is 19.9 Å².